The van der Waals surface area contributed by atoms with Crippen LogP contribution in [0.5, 0.6) is 0 Å². The van der Waals surface area contributed by atoms with E-state index in [0.29, 0.717) is 12.0 Å². The Labute approximate surface area is 339 Å². The van der Waals surface area contributed by atoms with Gasteiger partial charge in [0, 0.05) is 46.3 Å². The zero-order chi connectivity index (χ0) is 43.4. The van der Waals surface area contributed by atoms with Crippen LogP contribution in [0.25, 0.3) is 0 Å². The first-order valence-electron chi connectivity index (χ1n) is 20.2. The number of carbonyl (C=O) groups excluding carboxylic acids is 4. The third-order valence-corrected chi connectivity index (χ3v) is 12.1. The molecule has 3 aliphatic heterocycles. The average molecular weight is 814 g/mol. The molecule has 3 rings (SSSR count). The van der Waals surface area contributed by atoms with Crippen molar-refractivity contribution in [2.45, 2.75) is 187 Å². The van der Waals surface area contributed by atoms with E-state index >= 15 is 0 Å². The second kappa shape index (κ2) is 19.7. The number of rotatable bonds is 10. The number of cyclic esters (lactones) is 1. The summed E-state index contributed by atoms with van der Waals surface area (Å²) in [5, 5.41) is 11.6. The molecule has 0 aromatic heterocycles. The van der Waals surface area contributed by atoms with Crippen LogP contribution in [0.3, 0.4) is 0 Å². The molecule has 0 spiro atoms. The van der Waals surface area contributed by atoms with Gasteiger partial charge >= 0.3 is 17.9 Å². The standard InChI is InChI=1S/C42H71NO14/c1-17-31-40(10,48)19-22(2)33(46)23(3)20-41(11,49-15)36(57-39-35(53-28(8)44)30(43(13)14)18-24(4)51-39)25(5)34(26(6)38(47)55-31)56-32-21-42(12,50-16)37(27(7)52-32)54-29(9)45/h19,23-27,30-32,34-37,39,48H,17-18,20-21H2,1-16H3/t23-,24-,25+,26-,27+,30+,31-,32+,34+,35-,36?,37+,39+,40+,41-,42-/m1/s1. The molecule has 3 heterocycles. The highest BCUT2D eigenvalue weighted by Crippen LogP contribution is 2.42. The van der Waals surface area contributed by atoms with Gasteiger partial charge in [0.2, 0.25) is 0 Å². The van der Waals surface area contributed by atoms with Crippen LogP contribution in [0, 0.1) is 17.8 Å². The molecule has 2 saturated heterocycles. The van der Waals surface area contributed by atoms with E-state index in [1.54, 1.807) is 41.5 Å². The number of Topliss-reactive ketones (excluding diaryl/α,β-unsaturated/α-hetero) is 1. The van der Waals surface area contributed by atoms with Gasteiger partial charge in [0.1, 0.15) is 17.3 Å². The van der Waals surface area contributed by atoms with Gasteiger partial charge in [-0.05, 0) is 93.5 Å². The van der Waals surface area contributed by atoms with E-state index in [0.717, 1.165) is 0 Å². The normalized spacial score (nSPS) is 42.8. The first-order chi connectivity index (χ1) is 26.3. The van der Waals surface area contributed by atoms with Gasteiger partial charge in [0.15, 0.2) is 30.6 Å². The lowest BCUT2D eigenvalue weighted by atomic mass is 9.76. The molecule has 0 aromatic carbocycles. The molecule has 1 unspecified atom stereocenters. The molecule has 15 heteroatoms. The van der Waals surface area contributed by atoms with Gasteiger partial charge in [-0.3, -0.25) is 19.2 Å². The quantitative estimate of drug-likeness (QED) is 0.241. The monoisotopic (exact) mass is 813 g/mol. The highest BCUT2D eigenvalue weighted by Gasteiger charge is 2.54. The molecular weight excluding hydrogens is 742 g/mol. The van der Waals surface area contributed by atoms with Gasteiger partial charge in [0.25, 0.3) is 0 Å². The summed E-state index contributed by atoms with van der Waals surface area (Å²) in [6.07, 6.45) is -5.10. The fraction of sp³-hybridized carbons (Fsp3) is 0.857. The molecule has 0 saturated carbocycles. The van der Waals surface area contributed by atoms with Crippen molar-refractivity contribution in [1.29, 1.82) is 0 Å². The van der Waals surface area contributed by atoms with E-state index in [9.17, 15) is 24.3 Å². The van der Waals surface area contributed by atoms with Crippen molar-refractivity contribution >= 4 is 23.7 Å². The van der Waals surface area contributed by atoms with Crippen LogP contribution < -0.4 is 0 Å². The number of carbonyl (C=O) groups is 4. The van der Waals surface area contributed by atoms with Crippen LogP contribution in [-0.2, 0) is 61.8 Å². The van der Waals surface area contributed by atoms with E-state index in [-0.39, 0.29) is 37.2 Å². The minimum atomic E-state index is -1.68. The number of ether oxygens (including phenoxy) is 9. The van der Waals surface area contributed by atoms with Crippen molar-refractivity contribution in [3.05, 3.63) is 11.6 Å². The molecule has 0 amide bonds. The Hall–Kier alpha value is -2.50. The van der Waals surface area contributed by atoms with E-state index in [1.807, 2.05) is 39.8 Å². The number of allylic oxidation sites excluding steroid dienone is 1. The maximum absolute atomic E-state index is 14.3. The summed E-state index contributed by atoms with van der Waals surface area (Å²) in [4.78, 5) is 55.0. The minimum absolute atomic E-state index is 0.119. The van der Waals surface area contributed by atoms with Crippen LogP contribution in [0.2, 0.25) is 0 Å². The zero-order valence-electron chi connectivity index (χ0n) is 37.1. The second-order valence-electron chi connectivity index (χ2n) is 17.4. The summed E-state index contributed by atoms with van der Waals surface area (Å²) in [6, 6.07) is -0.271. The fourth-order valence-electron chi connectivity index (χ4n) is 8.96. The summed E-state index contributed by atoms with van der Waals surface area (Å²) in [5.41, 5.74) is -3.65. The van der Waals surface area contributed by atoms with Gasteiger partial charge in [-0.2, -0.15) is 0 Å². The molecule has 0 radical (unpaired) electrons. The first-order valence-corrected chi connectivity index (χ1v) is 20.2. The predicted octanol–water partition coefficient (Wildman–Crippen LogP) is 4.53. The third kappa shape index (κ3) is 11.6. The summed E-state index contributed by atoms with van der Waals surface area (Å²) >= 11 is 0. The number of methoxy groups -OCH3 is 2. The Kier molecular flexibility index (Phi) is 16.9. The first kappa shape index (κ1) is 48.9. The van der Waals surface area contributed by atoms with Crippen molar-refractivity contribution in [3.63, 3.8) is 0 Å². The van der Waals surface area contributed by atoms with Gasteiger partial charge < -0.3 is 52.6 Å². The van der Waals surface area contributed by atoms with Gasteiger partial charge in [-0.25, -0.2) is 0 Å². The molecular formula is C42H71NO14. The molecule has 0 aliphatic carbocycles. The van der Waals surface area contributed by atoms with E-state index < -0.39 is 102 Å². The van der Waals surface area contributed by atoms with Crippen LogP contribution in [0.15, 0.2) is 11.6 Å². The Bertz CT molecular complexity index is 1430. The number of aliphatic hydroxyl groups is 1. The SMILES string of the molecule is CC[C@H]1OC(=O)[C@H](C)[C@@H](O[C@H]2C[C@@](C)(OC)[C@@H](OC(C)=O)[C@H](C)O2)[C@H](C)C(O[C@@H]2O[C@H](C)C[C@H](N(C)C)[C@H]2OC(C)=O)[C@](C)(OC)C[C@@H](C)C(=O)C(C)=C[C@]1(C)O. The summed E-state index contributed by atoms with van der Waals surface area (Å²) in [6.45, 7) is 20.2. The second-order valence-corrected chi connectivity index (χ2v) is 17.4. The average Bonchev–Trinajstić information content (AvgIpc) is 3.11. The van der Waals surface area contributed by atoms with Gasteiger partial charge in [-0.15, -0.1) is 0 Å². The van der Waals surface area contributed by atoms with Crippen LogP contribution in [0.4, 0.5) is 0 Å². The van der Waals surface area contributed by atoms with Crippen LogP contribution >= 0.6 is 0 Å². The molecule has 2 fully saturated rings. The smallest absolute Gasteiger partial charge is 0.311 e. The topological polar surface area (TPSA) is 175 Å². The number of esters is 3. The van der Waals surface area contributed by atoms with Crippen LogP contribution in [-0.4, -0.2) is 140 Å². The number of hydrogen-bond acceptors (Lipinski definition) is 15. The summed E-state index contributed by atoms with van der Waals surface area (Å²) in [7, 11) is 6.83. The fourth-order valence-corrected chi connectivity index (χ4v) is 8.96. The number of nitrogens with zero attached hydrogens (tertiary/aromatic N) is 1. The third-order valence-electron chi connectivity index (χ3n) is 12.1. The number of hydrogen-bond donors (Lipinski definition) is 1. The van der Waals surface area contributed by atoms with Crippen molar-refractivity contribution < 1.29 is 66.9 Å². The maximum Gasteiger partial charge on any atom is 0.311 e. The molecule has 1 N–H and O–H groups in total. The number of likely N-dealkylation sites (N-methyl/N-ethyl adjacent to an activating group) is 1. The maximum atomic E-state index is 14.3. The van der Waals surface area contributed by atoms with Crippen molar-refractivity contribution in [1.82, 2.24) is 4.90 Å². The lowest BCUT2D eigenvalue weighted by molar-refractivity contribution is -0.320. The Balaban J connectivity index is 2.27. The molecule has 0 aromatic rings. The molecule has 15 nitrogen and oxygen atoms in total. The minimum Gasteiger partial charge on any atom is -0.459 e. The highest BCUT2D eigenvalue weighted by molar-refractivity contribution is 5.96. The summed E-state index contributed by atoms with van der Waals surface area (Å²) < 4.78 is 56.6. The molecule has 57 heavy (non-hydrogen) atoms. The Morgan fingerprint density at radius 3 is 1.98 bits per heavy atom. The molecule has 328 valence electrons. The Morgan fingerprint density at radius 2 is 1.46 bits per heavy atom. The molecule has 0 bridgehead atoms. The van der Waals surface area contributed by atoms with Crippen molar-refractivity contribution in [2.24, 2.45) is 17.8 Å². The van der Waals surface area contributed by atoms with Gasteiger partial charge in [0.05, 0.1) is 42.0 Å². The Morgan fingerprint density at radius 1 is 0.877 bits per heavy atom. The lowest BCUT2D eigenvalue weighted by Gasteiger charge is -2.50. The van der Waals surface area contributed by atoms with E-state index in [1.165, 1.54) is 41.1 Å². The van der Waals surface area contributed by atoms with Crippen molar-refractivity contribution in [3.8, 4) is 0 Å². The van der Waals surface area contributed by atoms with Crippen molar-refractivity contribution in [2.75, 3.05) is 28.3 Å². The summed E-state index contributed by atoms with van der Waals surface area (Å²) in [5.74, 6) is -4.26. The zero-order valence-corrected chi connectivity index (χ0v) is 37.1. The molecule has 3 aliphatic rings. The lowest BCUT2D eigenvalue weighted by Crippen LogP contribution is -2.61. The van der Waals surface area contributed by atoms with Crippen LogP contribution in [0.1, 0.15) is 109 Å². The van der Waals surface area contributed by atoms with Gasteiger partial charge in [-0.1, -0.05) is 20.8 Å². The largest absolute Gasteiger partial charge is 0.459 e. The predicted molar refractivity (Wildman–Crippen MR) is 209 cm³/mol. The van der Waals surface area contributed by atoms with E-state index in [4.69, 9.17) is 42.6 Å². The van der Waals surface area contributed by atoms with E-state index in [2.05, 4.69) is 0 Å². The number of ketones is 1. The highest BCUT2D eigenvalue weighted by atomic mass is 16.7. The molecule has 16 atom stereocenters.